The molecule has 1 atom stereocenters. The van der Waals surface area contributed by atoms with E-state index in [9.17, 15) is 14.7 Å². The van der Waals surface area contributed by atoms with Gasteiger partial charge in [0, 0.05) is 24.5 Å². The second kappa shape index (κ2) is 9.14. The molecule has 1 aliphatic carbocycles. The maximum atomic E-state index is 13.3. The number of likely N-dealkylation sites (tertiary alicyclic amines) is 1. The number of nitrogens with zero attached hydrogens (tertiary/aromatic N) is 2. The Hall–Kier alpha value is -3.93. The quantitative estimate of drug-likeness (QED) is 0.347. The first-order valence-electron chi connectivity index (χ1n) is 11.5. The number of ketones is 1. The number of rotatable bonds is 5. The smallest absolute Gasteiger partial charge is 0.295 e. The van der Waals surface area contributed by atoms with Crippen molar-refractivity contribution in [3.8, 4) is 5.75 Å². The van der Waals surface area contributed by atoms with Crippen LogP contribution in [0.1, 0.15) is 46.7 Å². The Morgan fingerprint density at radius 1 is 1.03 bits per heavy atom. The summed E-state index contributed by atoms with van der Waals surface area (Å²) in [4.78, 5) is 32.1. The number of hydrogen-bond acceptors (Lipinski definition) is 5. The minimum absolute atomic E-state index is 0.100. The van der Waals surface area contributed by atoms with E-state index in [-0.39, 0.29) is 17.9 Å². The van der Waals surface area contributed by atoms with E-state index >= 15 is 0 Å². The van der Waals surface area contributed by atoms with Crippen LogP contribution in [0.25, 0.3) is 5.76 Å². The van der Waals surface area contributed by atoms with Gasteiger partial charge in [0.05, 0.1) is 18.7 Å². The van der Waals surface area contributed by atoms with Crippen LogP contribution in [0.4, 0.5) is 0 Å². The molecule has 1 unspecified atom stereocenters. The van der Waals surface area contributed by atoms with E-state index in [2.05, 4.69) is 4.98 Å². The number of Topliss-reactive ketones (excluding diaryl/α,β-unsaturated/α-hetero) is 1. The lowest BCUT2D eigenvalue weighted by atomic mass is 9.88. The number of aliphatic hydroxyl groups is 1. The van der Waals surface area contributed by atoms with E-state index in [0.717, 1.165) is 31.2 Å². The molecule has 0 spiro atoms. The largest absolute Gasteiger partial charge is 0.507 e. The van der Waals surface area contributed by atoms with Crippen molar-refractivity contribution in [3.63, 3.8) is 0 Å². The molecule has 34 heavy (non-hydrogen) atoms. The molecule has 172 valence electrons. The Morgan fingerprint density at radius 2 is 1.79 bits per heavy atom. The van der Waals surface area contributed by atoms with Crippen LogP contribution in [-0.4, -0.2) is 33.8 Å². The lowest BCUT2D eigenvalue weighted by Gasteiger charge is -2.26. The van der Waals surface area contributed by atoms with Crippen molar-refractivity contribution in [1.29, 1.82) is 0 Å². The van der Waals surface area contributed by atoms with Crippen LogP contribution in [-0.2, 0) is 29.0 Å². The Labute approximate surface area is 198 Å². The number of carbonyl (C=O) groups excluding carboxylic acids is 2. The first kappa shape index (κ1) is 21.9. The predicted molar refractivity (Wildman–Crippen MR) is 128 cm³/mol. The minimum Gasteiger partial charge on any atom is -0.507 e. The summed E-state index contributed by atoms with van der Waals surface area (Å²) in [5.41, 5.74) is 4.69. The van der Waals surface area contributed by atoms with Crippen molar-refractivity contribution in [2.24, 2.45) is 0 Å². The highest BCUT2D eigenvalue weighted by molar-refractivity contribution is 6.46. The van der Waals surface area contributed by atoms with Crippen molar-refractivity contribution < 1.29 is 19.4 Å². The fourth-order valence-corrected chi connectivity index (χ4v) is 4.92. The van der Waals surface area contributed by atoms with E-state index in [1.54, 1.807) is 25.6 Å². The fraction of sp³-hybridized carbons (Fsp3) is 0.250. The molecule has 2 heterocycles. The third-order valence-corrected chi connectivity index (χ3v) is 6.67. The Bertz CT molecular complexity index is 1280. The standard InChI is InChI=1S/C28H26N2O4/c1-34-23-8-4-7-21(16-23)25-24(26(31)22-10-9-19-5-2-3-6-20(19)15-22)27(32)28(33)30(25)17-18-11-13-29-14-12-18/h4,7-16,25,31H,2-3,5-6,17H2,1H3/b26-24-. The number of ether oxygens (including phenoxy) is 1. The van der Waals surface area contributed by atoms with E-state index in [1.165, 1.54) is 16.0 Å². The predicted octanol–water partition coefficient (Wildman–Crippen LogP) is 4.59. The van der Waals surface area contributed by atoms with Crippen LogP contribution in [0.3, 0.4) is 0 Å². The van der Waals surface area contributed by atoms with Gasteiger partial charge in [-0.1, -0.05) is 24.3 Å². The highest BCUT2D eigenvalue weighted by atomic mass is 16.5. The Balaban J connectivity index is 1.64. The highest BCUT2D eigenvalue weighted by Crippen LogP contribution is 2.41. The van der Waals surface area contributed by atoms with Gasteiger partial charge in [0.2, 0.25) is 0 Å². The van der Waals surface area contributed by atoms with E-state index in [1.807, 2.05) is 48.5 Å². The molecule has 1 N–H and O–H groups in total. The maximum absolute atomic E-state index is 13.3. The van der Waals surface area contributed by atoms with Gasteiger partial charge in [-0.15, -0.1) is 0 Å². The number of aryl methyl sites for hydroxylation is 2. The second-order valence-electron chi connectivity index (χ2n) is 8.75. The number of aliphatic hydroxyl groups excluding tert-OH is 1. The zero-order chi connectivity index (χ0) is 23.7. The molecule has 3 aromatic rings. The number of carbonyl (C=O) groups is 2. The molecule has 1 amide bonds. The second-order valence-corrected chi connectivity index (χ2v) is 8.75. The molecule has 0 bridgehead atoms. The number of aromatic nitrogens is 1. The monoisotopic (exact) mass is 454 g/mol. The third-order valence-electron chi connectivity index (χ3n) is 6.67. The molecule has 1 saturated heterocycles. The van der Waals surface area contributed by atoms with Gasteiger partial charge in [-0.25, -0.2) is 0 Å². The highest BCUT2D eigenvalue weighted by Gasteiger charge is 2.46. The summed E-state index contributed by atoms with van der Waals surface area (Å²) in [6, 6.07) is 16.0. The van der Waals surface area contributed by atoms with Gasteiger partial charge >= 0.3 is 0 Å². The van der Waals surface area contributed by atoms with Crippen LogP contribution in [0.2, 0.25) is 0 Å². The SMILES string of the molecule is COc1cccc(C2/C(=C(/O)c3ccc4c(c3)CCCC4)C(=O)C(=O)N2Cc2ccncc2)c1. The van der Waals surface area contributed by atoms with Gasteiger partial charge in [0.25, 0.3) is 11.7 Å². The molecule has 1 fully saturated rings. The van der Waals surface area contributed by atoms with E-state index in [4.69, 9.17) is 4.74 Å². The Kier molecular flexibility index (Phi) is 5.88. The number of amides is 1. The average Bonchev–Trinajstić information content (AvgIpc) is 3.13. The van der Waals surface area contributed by atoms with Crippen LogP contribution < -0.4 is 4.74 Å². The third kappa shape index (κ3) is 3.96. The number of methoxy groups -OCH3 is 1. The van der Waals surface area contributed by atoms with Crippen molar-refractivity contribution in [2.75, 3.05) is 7.11 Å². The summed E-state index contributed by atoms with van der Waals surface area (Å²) in [7, 11) is 1.57. The molecule has 5 rings (SSSR count). The van der Waals surface area contributed by atoms with Crippen molar-refractivity contribution in [1.82, 2.24) is 9.88 Å². The van der Waals surface area contributed by atoms with Gasteiger partial charge in [0.15, 0.2) is 0 Å². The molecule has 1 aromatic heterocycles. The zero-order valence-corrected chi connectivity index (χ0v) is 19.0. The van der Waals surface area contributed by atoms with Crippen molar-refractivity contribution in [2.45, 2.75) is 38.3 Å². The normalized spacial score (nSPS) is 19.2. The van der Waals surface area contributed by atoms with Crippen molar-refractivity contribution >= 4 is 17.4 Å². The molecular weight excluding hydrogens is 428 g/mol. The molecular formula is C28H26N2O4. The first-order valence-corrected chi connectivity index (χ1v) is 11.5. The van der Waals surface area contributed by atoms with Gasteiger partial charge < -0.3 is 14.7 Å². The summed E-state index contributed by atoms with van der Waals surface area (Å²) in [6.45, 7) is 0.218. The number of benzene rings is 2. The summed E-state index contributed by atoms with van der Waals surface area (Å²) in [6.07, 6.45) is 7.55. The number of pyridine rings is 1. The zero-order valence-electron chi connectivity index (χ0n) is 19.0. The van der Waals surface area contributed by atoms with Crippen LogP contribution in [0, 0.1) is 0 Å². The topological polar surface area (TPSA) is 79.7 Å². The maximum Gasteiger partial charge on any atom is 0.295 e. The van der Waals surface area contributed by atoms with Crippen LogP contribution >= 0.6 is 0 Å². The lowest BCUT2D eigenvalue weighted by molar-refractivity contribution is -0.140. The van der Waals surface area contributed by atoms with E-state index in [0.29, 0.717) is 16.9 Å². The van der Waals surface area contributed by atoms with Gasteiger partial charge in [0.1, 0.15) is 11.5 Å². The molecule has 0 radical (unpaired) electrons. The van der Waals surface area contributed by atoms with Crippen LogP contribution in [0.15, 0.2) is 72.6 Å². The van der Waals surface area contributed by atoms with Gasteiger partial charge in [-0.3, -0.25) is 14.6 Å². The summed E-state index contributed by atoms with van der Waals surface area (Å²) in [5, 5.41) is 11.4. The lowest BCUT2D eigenvalue weighted by Crippen LogP contribution is -2.29. The fourth-order valence-electron chi connectivity index (χ4n) is 4.92. The van der Waals surface area contributed by atoms with Gasteiger partial charge in [-0.05, 0) is 78.3 Å². The average molecular weight is 455 g/mol. The van der Waals surface area contributed by atoms with E-state index < -0.39 is 17.7 Å². The molecule has 2 aromatic carbocycles. The summed E-state index contributed by atoms with van der Waals surface area (Å²) < 4.78 is 5.39. The Morgan fingerprint density at radius 3 is 2.56 bits per heavy atom. The molecule has 6 nitrogen and oxygen atoms in total. The molecule has 0 saturated carbocycles. The summed E-state index contributed by atoms with van der Waals surface area (Å²) in [5.74, 6) is -0.848. The summed E-state index contributed by atoms with van der Waals surface area (Å²) >= 11 is 0. The number of fused-ring (bicyclic) bond motifs is 1. The van der Waals surface area contributed by atoms with Gasteiger partial charge in [-0.2, -0.15) is 0 Å². The number of hydrogen-bond donors (Lipinski definition) is 1. The van der Waals surface area contributed by atoms with Crippen LogP contribution in [0.5, 0.6) is 5.75 Å². The molecule has 6 heteroatoms. The van der Waals surface area contributed by atoms with Crippen molar-refractivity contribution in [3.05, 3.63) is 100 Å². The first-order chi connectivity index (χ1) is 16.6. The minimum atomic E-state index is -0.737. The molecule has 2 aliphatic rings. The molecule has 1 aliphatic heterocycles.